The number of hydrogen-bond donors (Lipinski definition) is 2. The number of amides is 3. The number of hydrogen-bond acceptors (Lipinski definition) is 4. The number of carbonyl (C=O) groups excluding carboxylic acids is 3. The van der Waals surface area contributed by atoms with Crippen molar-refractivity contribution in [3.63, 3.8) is 0 Å². The van der Waals surface area contributed by atoms with E-state index >= 15 is 0 Å². The highest BCUT2D eigenvalue weighted by molar-refractivity contribution is 5.95. The van der Waals surface area contributed by atoms with Crippen molar-refractivity contribution in [3.8, 4) is 6.07 Å². The first kappa shape index (κ1) is 23.0. The third kappa shape index (κ3) is 6.67. The second-order valence-electron chi connectivity index (χ2n) is 7.88. The van der Waals surface area contributed by atoms with E-state index in [0.29, 0.717) is 18.8 Å². The molecular weight excluding hydrogens is 404 g/mol. The highest BCUT2D eigenvalue weighted by Crippen LogP contribution is 2.27. The molecule has 0 unspecified atom stereocenters. The monoisotopic (exact) mass is 432 g/mol. The molecule has 0 aliphatic heterocycles. The summed E-state index contributed by atoms with van der Waals surface area (Å²) in [6.07, 6.45) is 3.34. The van der Waals surface area contributed by atoms with Crippen LogP contribution in [0.2, 0.25) is 0 Å². The fourth-order valence-electron chi connectivity index (χ4n) is 3.49. The number of nitriles is 1. The molecule has 0 atom stereocenters. The van der Waals surface area contributed by atoms with Crippen molar-refractivity contribution in [2.24, 2.45) is 5.92 Å². The van der Waals surface area contributed by atoms with Crippen molar-refractivity contribution in [2.75, 3.05) is 16.8 Å². The van der Waals surface area contributed by atoms with Crippen LogP contribution in [0.25, 0.3) is 0 Å². The molecule has 2 N–H and O–H groups in total. The number of nitrogens with zero attached hydrogens (tertiary/aromatic N) is 2. The molecule has 32 heavy (non-hydrogen) atoms. The van der Waals surface area contributed by atoms with Gasteiger partial charge in [0.15, 0.2) is 0 Å². The first-order valence-corrected chi connectivity index (χ1v) is 11.0. The summed E-state index contributed by atoms with van der Waals surface area (Å²) >= 11 is 0. The average molecular weight is 433 g/mol. The lowest BCUT2D eigenvalue weighted by Crippen LogP contribution is -2.33. The largest absolute Gasteiger partial charge is 0.352 e. The predicted molar refractivity (Wildman–Crippen MR) is 123 cm³/mol. The van der Waals surface area contributed by atoms with Gasteiger partial charge in [0.1, 0.15) is 0 Å². The van der Waals surface area contributed by atoms with Crippen LogP contribution in [0.3, 0.4) is 0 Å². The molecule has 3 rings (SSSR count). The van der Waals surface area contributed by atoms with Gasteiger partial charge in [0.05, 0.1) is 12.5 Å². The second-order valence-corrected chi connectivity index (χ2v) is 7.88. The fourth-order valence-corrected chi connectivity index (χ4v) is 3.49. The minimum absolute atomic E-state index is 0.0512. The number of rotatable bonds is 10. The minimum atomic E-state index is -0.226. The standard InChI is InChI=1S/C25H28N4O3/c26-15-6-16-29(22-11-2-1-3-12-22)24(31)14-13-23(30)27-18-19-7-4-10-21(17-19)28-25(32)20-8-5-9-20/h1-4,7,10-12,17,20H,5-6,8-9,13-14,16,18H2,(H,27,30)(H,28,32). The molecule has 166 valence electrons. The SMILES string of the molecule is N#CCCN(C(=O)CCC(=O)NCc1cccc(NC(=O)C2CCC2)c1)c1ccccc1. The summed E-state index contributed by atoms with van der Waals surface area (Å²) in [7, 11) is 0. The zero-order chi connectivity index (χ0) is 22.8. The number of para-hydroxylation sites is 1. The van der Waals surface area contributed by atoms with Crippen LogP contribution in [-0.2, 0) is 20.9 Å². The summed E-state index contributed by atoms with van der Waals surface area (Å²) in [6.45, 7) is 0.608. The molecule has 2 aromatic carbocycles. The molecule has 3 amide bonds. The minimum Gasteiger partial charge on any atom is -0.352 e. The Kier molecular flexibility index (Phi) is 8.38. The summed E-state index contributed by atoms with van der Waals surface area (Å²) in [5.41, 5.74) is 2.31. The normalized spacial score (nSPS) is 12.8. The van der Waals surface area contributed by atoms with E-state index in [9.17, 15) is 14.4 Å². The lowest BCUT2D eigenvalue weighted by Gasteiger charge is -2.24. The molecule has 0 heterocycles. The summed E-state index contributed by atoms with van der Waals surface area (Å²) in [6, 6.07) is 18.6. The number of nitrogens with one attached hydrogen (secondary N) is 2. The molecular formula is C25H28N4O3. The summed E-state index contributed by atoms with van der Waals surface area (Å²) in [5.74, 6) is -0.257. The molecule has 1 fully saturated rings. The Bertz CT molecular complexity index is 980. The predicted octanol–water partition coefficient (Wildman–Crippen LogP) is 3.77. The summed E-state index contributed by atoms with van der Waals surface area (Å²) < 4.78 is 0. The van der Waals surface area contributed by atoms with Crippen LogP contribution < -0.4 is 15.5 Å². The van der Waals surface area contributed by atoms with Gasteiger partial charge in [-0.3, -0.25) is 14.4 Å². The van der Waals surface area contributed by atoms with E-state index < -0.39 is 0 Å². The van der Waals surface area contributed by atoms with Gasteiger partial charge in [-0.1, -0.05) is 36.8 Å². The third-order valence-electron chi connectivity index (χ3n) is 5.54. The lowest BCUT2D eigenvalue weighted by molar-refractivity contribution is -0.125. The van der Waals surface area contributed by atoms with E-state index in [2.05, 4.69) is 16.7 Å². The summed E-state index contributed by atoms with van der Waals surface area (Å²) in [4.78, 5) is 38.6. The van der Waals surface area contributed by atoms with E-state index in [0.717, 1.165) is 30.5 Å². The Hall–Kier alpha value is -3.66. The molecule has 0 aromatic heterocycles. The molecule has 1 aliphatic rings. The number of anilines is 2. The Morgan fingerprint density at radius 1 is 1.03 bits per heavy atom. The Morgan fingerprint density at radius 3 is 2.50 bits per heavy atom. The quantitative estimate of drug-likeness (QED) is 0.597. The van der Waals surface area contributed by atoms with Gasteiger partial charge < -0.3 is 15.5 Å². The van der Waals surface area contributed by atoms with Gasteiger partial charge in [-0.25, -0.2) is 0 Å². The van der Waals surface area contributed by atoms with Gasteiger partial charge in [-0.2, -0.15) is 5.26 Å². The zero-order valence-electron chi connectivity index (χ0n) is 18.0. The van der Waals surface area contributed by atoms with Crippen LogP contribution in [-0.4, -0.2) is 24.3 Å². The van der Waals surface area contributed by atoms with Crippen molar-refractivity contribution < 1.29 is 14.4 Å². The van der Waals surface area contributed by atoms with Crippen LogP contribution in [0.4, 0.5) is 11.4 Å². The molecule has 0 spiro atoms. The van der Waals surface area contributed by atoms with Crippen LogP contribution in [0, 0.1) is 17.2 Å². The first-order chi connectivity index (χ1) is 15.6. The van der Waals surface area contributed by atoms with Crippen molar-refractivity contribution in [2.45, 2.75) is 45.1 Å². The number of carbonyl (C=O) groups is 3. The fraction of sp³-hybridized carbons (Fsp3) is 0.360. The van der Waals surface area contributed by atoms with Crippen molar-refractivity contribution >= 4 is 29.1 Å². The van der Waals surface area contributed by atoms with Crippen LogP contribution in [0.15, 0.2) is 54.6 Å². The molecule has 2 aromatic rings. The molecule has 1 aliphatic carbocycles. The van der Waals surface area contributed by atoms with Crippen molar-refractivity contribution in [1.82, 2.24) is 5.32 Å². The van der Waals surface area contributed by atoms with Gasteiger partial charge in [0, 0.05) is 43.2 Å². The zero-order valence-corrected chi connectivity index (χ0v) is 18.0. The van der Waals surface area contributed by atoms with E-state index in [4.69, 9.17) is 5.26 Å². The average Bonchev–Trinajstić information content (AvgIpc) is 2.76. The van der Waals surface area contributed by atoms with Crippen LogP contribution >= 0.6 is 0 Å². The maximum atomic E-state index is 12.7. The molecule has 0 bridgehead atoms. The molecule has 7 heteroatoms. The number of benzene rings is 2. The van der Waals surface area contributed by atoms with Crippen molar-refractivity contribution in [3.05, 3.63) is 60.2 Å². The Morgan fingerprint density at radius 2 is 1.81 bits per heavy atom. The molecule has 1 saturated carbocycles. The highest BCUT2D eigenvalue weighted by atomic mass is 16.2. The van der Waals surface area contributed by atoms with Gasteiger partial charge in [-0.05, 0) is 42.7 Å². The lowest BCUT2D eigenvalue weighted by atomic mass is 9.85. The maximum Gasteiger partial charge on any atom is 0.227 e. The maximum absolute atomic E-state index is 12.7. The molecule has 7 nitrogen and oxygen atoms in total. The summed E-state index contributed by atoms with van der Waals surface area (Å²) in [5, 5.41) is 14.6. The molecule has 0 radical (unpaired) electrons. The van der Waals surface area contributed by atoms with Crippen LogP contribution in [0.1, 0.15) is 44.1 Å². The Balaban J connectivity index is 1.47. The van der Waals surface area contributed by atoms with Gasteiger partial charge in [-0.15, -0.1) is 0 Å². The van der Waals surface area contributed by atoms with E-state index in [-0.39, 0.29) is 42.9 Å². The Labute approximate surface area is 188 Å². The third-order valence-corrected chi connectivity index (χ3v) is 5.54. The second kappa shape index (κ2) is 11.7. The topological polar surface area (TPSA) is 102 Å². The van der Waals surface area contributed by atoms with Crippen LogP contribution in [0.5, 0.6) is 0 Å². The van der Waals surface area contributed by atoms with Gasteiger partial charge >= 0.3 is 0 Å². The highest BCUT2D eigenvalue weighted by Gasteiger charge is 2.25. The van der Waals surface area contributed by atoms with E-state index in [1.807, 2.05) is 54.6 Å². The van der Waals surface area contributed by atoms with E-state index in [1.165, 1.54) is 0 Å². The van der Waals surface area contributed by atoms with Crippen molar-refractivity contribution in [1.29, 1.82) is 5.26 Å². The van der Waals surface area contributed by atoms with E-state index in [1.54, 1.807) is 4.90 Å². The molecule has 0 saturated heterocycles. The van der Waals surface area contributed by atoms with Gasteiger partial charge in [0.2, 0.25) is 17.7 Å². The smallest absolute Gasteiger partial charge is 0.227 e. The van der Waals surface area contributed by atoms with Gasteiger partial charge in [0.25, 0.3) is 0 Å². The first-order valence-electron chi connectivity index (χ1n) is 11.0.